The zero-order valence-electron chi connectivity index (χ0n) is 21.8. The fourth-order valence-electron chi connectivity index (χ4n) is 3.17. The molecule has 15 heteroatoms. The summed E-state index contributed by atoms with van der Waals surface area (Å²) in [6.07, 6.45) is -3.25. The number of halogens is 6. The molecule has 39 heavy (non-hydrogen) atoms. The van der Waals surface area contributed by atoms with Gasteiger partial charge in [-0.2, -0.15) is 26.3 Å². The first kappa shape index (κ1) is 35.8. The Bertz CT molecular complexity index is 855. The highest BCUT2D eigenvalue weighted by Gasteiger charge is 2.38. The van der Waals surface area contributed by atoms with Crippen LogP contribution < -0.4 is 15.8 Å². The topological polar surface area (TPSA) is 137 Å². The molecule has 1 atom stereocenters. The number of alkyl halides is 6. The van der Waals surface area contributed by atoms with Gasteiger partial charge in [0.2, 0.25) is 0 Å². The van der Waals surface area contributed by atoms with Gasteiger partial charge in [0.15, 0.2) is 5.96 Å². The fraction of sp³-hybridized carbons (Fsp3) is 0.625. The number of carboxylic acid groups (broad SMARTS) is 2. The van der Waals surface area contributed by atoms with Gasteiger partial charge in [-0.1, -0.05) is 13.8 Å². The van der Waals surface area contributed by atoms with Crippen LogP contribution in [0.1, 0.15) is 52.4 Å². The second kappa shape index (κ2) is 18.1. The normalized spacial score (nSPS) is 15.8. The summed E-state index contributed by atoms with van der Waals surface area (Å²) in [7, 11) is 0. The van der Waals surface area contributed by atoms with E-state index in [0.717, 1.165) is 56.4 Å². The molecular formula is C24H36F6N4O5. The average molecular weight is 575 g/mol. The standard InChI is InChI=1S/C20H34N4O.2C2HF3O2/c1-3-16-25-19-11-9-17(10-12-19)23-20(22-14-7-13-21)24-15-6-5-8-18(24)4-2;2*3-2(4,5)1(6)7/h9-12,18H,3-8,13-16,21H2,1-2H3,(H,22,23);2*(H,6,7). The third-order valence-corrected chi connectivity index (χ3v) is 5.06. The number of nitrogens with zero attached hydrogens (tertiary/aromatic N) is 2. The Morgan fingerprint density at radius 3 is 2.03 bits per heavy atom. The van der Waals surface area contributed by atoms with Crippen molar-refractivity contribution < 1.29 is 50.9 Å². The largest absolute Gasteiger partial charge is 0.494 e. The van der Waals surface area contributed by atoms with Gasteiger partial charge < -0.3 is 30.9 Å². The van der Waals surface area contributed by atoms with E-state index in [1.807, 2.05) is 24.3 Å². The van der Waals surface area contributed by atoms with Crippen molar-refractivity contribution in [3.05, 3.63) is 24.3 Å². The van der Waals surface area contributed by atoms with Crippen molar-refractivity contribution in [1.82, 2.24) is 10.2 Å². The summed E-state index contributed by atoms with van der Waals surface area (Å²) in [4.78, 5) is 25.1. The number of aliphatic carboxylic acids is 2. The Morgan fingerprint density at radius 1 is 1.05 bits per heavy atom. The van der Waals surface area contributed by atoms with E-state index < -0.39 is 24.3 Å². The van der Waals surface area contributed by atoms with Gasteiger partial charge in [-0.15, -0.1) is 0 Å². The van der Waals surface area contributed by atoms with E-state index in [2.05, 4.69) is 24.1 Å². The van der Waals surface area contributed by atoms with Crippen molar-refractivity contribution in [1.29, 1.82) is 0 Å². The molecule has 1 fully saturated rings. The number of nitrogens with two attached hydrogens (primary N) is 1. The SMILES string of the molecule is CCCOc1ccc(/N=C(\NCCCN)N2CCCCC2CC)cc1.O=C(O)C(F)(F)F.O=C(O)C(F)(F)F. The zero-order chi connectivity index (χ0) is 30.1. The first-order valence-electron chi connectivity index (χ1n) is 12.3. The maximum absolute atomic E-state index is 10.6. The summed E-state index contributed by atoms with van der Waals surface area (Å²) >= 11 is 0. The van der Waals surface area contributed by atoms with Crippen LogP contribution in [-0.4, -0.2) is 77.6 Å². The van der Waals surface area contributed by atoms with Crippen LogP contribution in [0.15, 0.2) is 29.3 Å². The van der Waals surface area contributed by atoms with Crippen LogP contribution in [0.4, 0.5) is 32.0 Å². The minimum absolute atomic E-state index is 0.574. The first-order chi connectivity index (χ1) is 18.2. The molecule has 1 heterocycles. The van der Waals surface area contributed by atoms with Crippen molar-refractivity contribution in [2.75, 3.05) is 26.2 Å². The lowest BCUT2D eigenvalue weighted by atomic mass is 10.0. The lowest BCUT2D eigenvalue weighted by Gasteiger charge is -2.37. The summed E-state index contributed by atoms with van der Waals surface area (Å²) in [5, 5.41) is 17.8. The molecule has 0 radical (unpaired) electrons. The molecule has 0 amide bonds. The van der Waals surface area contributed by atoms with E-state index in [0.29, 0.717) is 12.6 Å². The Balaban J connectivity index is 0.000000848. The van der Waals surface area contributed by atoms with Gasteiger partial charge in [0.1, 0.15) is 5.75 Å². The van der Waals surface area contributed by atoms with Crippen LogP contribution in [0.2, 0.25) is 0 Å². The molecular weight excluding hydrogens is 538 g/mol. The molecule has 9 nitrogen and oxygen atoms in total. The van der Waals surface area contributed by atoms with Crippen LogP contribution in [0.5, 0.6) is 5.75 Å². The summed E-state index contributed by atoms with van der Waals surface area (Å²) in [6.45, 7) is 7.76. The molecule has 2 rings (SSSR count). The molecule has 1 unspecified atom stereocenters. The van der Waals surface area contributed by atoms with Crippen LogP contribution in [0.25, 0.3) is 0 Å². The third-order valence-electron chi connectivity index (χ3n) is 5.06. The molecule has 1 aromatic carbocycles. The number of guanidine groups is 1. The number of carboxylic acids is 2. The number of piperidine rings is 1. The quantitative estimate of drug-likeness (QED) is 0.148. The van der Waals surface area contributed by atoms with Gasteiger partial charge in [-0.3, -0.25) is 0 Å². The Labute approximate surface area is 223 Å². The molecule has 1 aliphatic rings. The lowest BCUT2D eigenvalue weighted by molar-refractivity contribution is -0.193. The molecule has 0 spiro atoms. The van der Waals surface area contributed by atoms with E-state index >= 15 is 0 Å². The highest BCUT2D eigenvalue weighted by molar-refractivity contribution is 5.83. The van der Waals surface area contributed by atoms with Crippen LogP contribution >= 0.6 is 0 Å². The number of nitrogens with one attached hydrogen (secondary N) is 1. The summed E-state index contributed by atoms with van der Waals surface area (Å²) < 4.78 is 69.1. The smallest absolute Gasteiger partial charge is 0.490 e. The van der Waals surface area contributed by atoms with Gasteiger partial charge in [0, 0.05) is 19.1 Å². The maximum atomic E-state index is 10.6. The number of likely N-dealkylation sites (tertiary alicyclic amines) is 1. The number of ether oxygens (including phenoxy) is 1. The van der Waals surface area contributed by atoms with E-state index in [4.69, 9.17) is 35.3 Å². The molecule has 0 aliphatic carbocycles. The van der Waals surface area contributed by atoms with Crippen molar-refractivity contribution in [2.24, 2.45) is 10.7 Å². The van der Waals surface area contributed by atoms with Gasteiger partial charge in [-0.25, -0.2) is 14.6 Å². The van der Waals surface area contributed by atoms with E-state index in [1.165, 1.54) is 19.3 Å². The Hall–Kier alpha value is -3.23. The number of rotatable bonds is 8. The molecule has 224 valence electrons. The number of hydrogen-bond acceptors (Lipinski definition) is 5. The molecule has 5 N–H and O–H groups in total. The lowest BCUT2D eigenvalue weighted by Crippen LogP contribution is -2.49. The van der Waals surface area contributed by atoms with Crippen molar-refractivity contribution in [2.45, 2.75) is 70.8 Å². The Kier molecular flexibility index (Phi) is 16.6. The highest BCUT2D eigenvalue weighted by atomic mass is 19.4. The summed E-state index contributed by atoms with van der Waals surface area (Å²) in [6, 6.07) is 8.63. The monoisotopic (exact) mass is 574 g/mol. The van der Waals surface area contributed by atoms with Crippen molar-refractivity contribution in [3.8, 4) is 5.75 Å². The van der Waals surface area contributed by atoms with Crippen LogP contribution in [-0.2, 0) is 9.59 Å². The predicted octanol–water partition coefficient (Wildman–Crippen LogP) is 4.93. The fourth-order valence-corrected chi connectivity index (χ4v) is 3.17. The molecule has 0 saturated carbocycles. The summed E-state index contributed by atoms with van der Waals surface area (Å²) in [5.41, 5.74) is 6.61. The first-order valence-corrected chi connectivity index (χ1v) is 12.3. The van der Waals surface area contributed by atoms with E-state index in [9.17, 15) is 26.3 Å². The number of hydrogen-bond donors (Lipinski definition) is 4. The number of benzene rings is 1. The van der Waals surface area contributed by atoms with E-state index in [1.54, 1.807) is 0 Å². The maximum Gasteiger partial charge on any atom is 0.490 e. The number of carbonyl (C=O) groups is 2. The molecule has 1 aliphatic heterocycles. The van der Waals surface area contributed by atoms with E-state index in [-0.39, 0.29) is 0 Å². The Morgan fingerprint density at radius 2 is 1.59 bits per heavy atom. The molecule has 0 bridgehead atoms. The van der Waals surface area contributed by atoms with Gasteiger partial charge in [0.25, 0.3) is 0 Å². The van der Waals surface area contributed by atoms with Gasteiger partial charge in [-0.05, 0) is 69.3 Å². The van der Waals surface area contributed by atoms with Crippen molar-refractivity contribution in [3.63, 3.8) is 0 Å². The number of aliphatic imine (C=N–C) groups is 1. The average Bonchev–Trinajstić information content (AvgIpc) is 2.87. The molecule has 1 aromatic rings. The van der Waals surface area contributed by atoms with Crippen molar-refractivity contribution >= 4 is 23.6 Å². The summed E-state index contributed by atoms with van der Waals surface area (Å²) in [5.74, 6) is -3.62. The zero-order valence-corrected chi connectivity index (χ0v) is 21.8. The van der Waals surface area contributed by atoms with Crippen LogP contribution in [0.3, 0.4) is 0 Å². The predicted molar refractivity (Wildman–Crippen MR) is 133 cm³/mol. The third kappa shape index (κ3) is 15.7. The highest BCUT2D eigenvalue weighted by Crippen LogP contribution is 2.23. The molecule has 1 saturated heterocycles. The minimum atomic E-state index is -5.08. The van der Waals surface area contributed by atoms with Crippen LogP contribution in [0, 0.1) is 0 Å². The minimum Gasteiger partial charge on any atom is -0.494 e. The molecule has 0 aromatic heterocycles. The van der Waals surface area contributed by atoms with Gasteiger partial charge in [0.05, 0.1) is 12.3 Å². The van der Waals surface area contributed by atoms with Gasteiger partial charge >= 0.3 is 24.3 Å². The second-order valence-electron chi connectivity index (χ2n) is 8.20. The second-order valence-corrected chi connectivity index (χ2v) is 8.20.